The first kappa shape index (κ1) is 20.1. The Morgan fingerprint density at radius 3 is 1.50 bits per heavy atom. The van der Waals surface area contributed by atoms with Gasteiger partial charge in [-0.2, -0.15) is 36.8 Å². The summed E-state index contributed by atoms with van der Waals surface area (Å²) in [5, 5.41) is -4.00. The summed E-state index contributed by atoms with van der Waals surface area (Å²) in [4.78, 5) is 0. The van der Waals surface area contributed by atoms with Crippen LogP contribution in [0.25, 0.3) is 5.53 Å². The predicted octanol–water partition coefficient (Wildman–Crippen LogP) is -0.675. The fourth-order valence-electron chi connectivity index (χ4n) is 0.0717. The average Bonchev–Trinajstić information content (AvgIpc) is 1.84. The van der Waals surface area contributed by atoms with Gasteiger partial charge in [-0.3, -0.25) is 8.80 Å². The van der Waals surface area contributed by atoms with E-state index in [9.17, 15) is 17.2 Å². The molecular formula is C5H12F2N2NaO2SSi-. The van der Waals surface area contributed by atoms with Crippen molar-refractivity contribution >= 4 is 18.8 Å². The Morgan fingerprint density at radius 1 is 1.29 bits per heavy atom. The first-order valence-electron chi connectivity index (χ1n) is 3.30. The summed E-state index contributed by atoms with van der Waals surface area (Å²) in [6.07, 6.45) is 0. The van der Waals surface area contributed by atoms with E-state index in [0.717, 1.165) is 0 Å². The van der Waals surface area contributed by atoms with Crippen LogP contribution < -0.4 is 29.6 Å². The van der Waals surface area contributed by atoms with E-state index >= 15 is 0 Å². The second-order valence-corrected chi connectivity index (χ2v) is 7.69. The maximum absolute atomic E-state index is 11.7. The van der Waals surface area contributed by atoms with Gasteiger partial charge in [0.1, 0.15) is 0 Å². The zero-order chi connectivity index (χ0) is 11.3. The molecule has 0 bridgehead atoms. The molecule has 0 aliphatic carbocycles. The van der Waals surface area contributed by atoms with Gasteiger partial charge in [-0.05, 0) is 0 Å². The summed E-state index contributed by atoms with van der Waals surface area (Å²) in [7, 11) is -4.87. The minimum Gasteiger partial charge on any atom is -0.695 e. The van der Waals surface area contributed by atoms with E-state index in [1.54, 1.807) is 0 Å². The molecule has 0 aliphatic rings. The van der Waals surface area contributed by atoms with Crippen LogP contribution in [-0.2, 0) is 10.0 Å². The third-order valence-electron chi connectivity index (χ3n) is 0.560. The van der Waals surface area contributed by atoms with Gasteiger partial charge in [-0.25, -0.2) is 0 Å². The van der Waals surface area contributed by atoms with Crippen LogP contribution in [0.2, 0.25) is 19.6 Å². The molecule has 0 aromatic heterocycles. The Kier molecular flexibility index (Phi) is 11.3. The van der Waals surface area contributed by atoms with E-state index in [-0.39, 0.29) is 45.3 Å². The summed E-state index contributed by atoms with van der Waals surface area (Å²) in [5.74, 6) is 0. The van der Waals surface area contributed by atoms with Gasteiger partial charge in [0.25, 0.3) is 10.0 Å². The quantitative estimate of drug-likeness (QED) is 0.483. The van der Waals surface area contributed by atoms with Crippen molar-refractivity contribution in [3.05, 3.63) is 5.53 Å². The third-order valence-corrected chi connectivity index (χ3v) is 1.68. The molecule has 0 fully saturated rings. The van der Waals surface area contributed by atoms with Crippen LogP contribution in [0.3, 0.4) is 0 Å². The molecule has 9 heteroatoms. The maximum atomic E-state index is 11.7. The molecule has 0 saturated heterocycles. The third kappa shape index (κ3) is 10.7. The second kappa shape index (κ2) is 7.86. The topological polar surface area (TPSA) is 68.8 Å². The van der Waals surface area contributed by atoms with Gasteiger partial charge in [0.05, 0.1) is 0 Å². The van der Waals surface area contributed by atoms with E-state index in [2.05, 4.69) is 19.6 Å². The van der Waals surface area contributed by atoms with E-state index < -0.39 is 15.3 Å². The van der Waals surface area contributed by atoms with Crippen LogP contribution >= 0.6 is 0 Å². The summed E-state index contributed by atoms with van der Waals surface area (Å²) in [6.45, 7) is 6.93. The Balaban J connectivity index is -0.000000209. The molecule has 0 heterocycles. The second-order valence-electron chi connectivity index (χ2n) is 2.86. The molecule has 0 spiro atoms. The normalized spacial score (nSPS) is 11.1. The first-order chi connectivity index (χ1) is 5.54. The van der Waals surface area contributed by atoms with E-state index in [1.807, 2.05) is 0 Å². The number of rotatable bonds is 2. The van der Waals surface area contributed by atoms with E-state index in [0.29, 0.717) is 0 Å². The molecule has 0 aliphatic heterocycles. The molecule has 0 aromatic rings. The van der Waals surface area contributed by atoms with Gasteiger partial charge in [0.15, 0.2) is 0 Å². The van der Waals surface area contributed by atoms with Crippen LogP contribution in [0.5, 0.6) is 0 Å². The number of sulfonamides is 1. The summed E-state index contributed by atoms with van der Waals surface area (Å²) in [5.41, 5.74) is 7.49. The summed E-state index contributed by atoms with van der Waals surface area (Å²) >= 11 is 0. The van der Waals surface area contributed by atoms with Crippen LogP contribution in [0, 0.1) is 0 Å². The van der Waals surface area contributed by atoms with E-state index in [4.69, 9.17) is 5.53 Å². The van der Waals surface area contributed by atoms with Gasteiger partial charge >= 0.3 is 34.8 Å². The molecule has 4 nitrogen and oxygen atoms in total. The standard InChI is InChI=1S/C3H9Si.C2H3F2N2O2S.Na/c1-4(2)3;1-2(3,4)9(7,8)6-5;/h1-3H3;1H3;/q2*-1;+1. The molecular weight excluding hydrogens is 241 g/mol. The van der Waals surface area contributed by atoms with Crippen molar-refractivity contribution in [1.82, 2.24) is 0 Å². The minimum absolute atomic E-state index is 0. The van der Waals surface area contributed by atoms with Crippen molar-refractivity contribution in [2.75, 3.05) is 0 Å². The van der Waals surface area contributed by atoms with Gasteiger partial charge in [0, 0.05) is 6.92 Å². The molecule has 0 amide bonds. The molecule has 0 saturated carbocycles. The zero-order valence-corrected chi connectivity index (χ0v) is 12.7. The smallest absolute Gasteiger partial charge is 0.695 e. The molecule has 0 unspecified atom stereocenters. The Labute approximate surface area is 107 Å². The van der Waals surface area contributed by atoms with Crippen LogP contribution in [0.15, 0.2) is 4.52 Å². The van der Waals surface area contributed by atoms with Crippen molar-refractivity contribution in [1.29, 1.82) is 0 Å². The van der Waals surface area contributed by atoms with Crippen molar-refractivity contribution < 1.29 is 46.8 Å². The number of hydrogen-bond acceptors (Lipinski definition) is 2. The SMILES string of the molecule is CC(F)(F)S(=O)(=O)N=[N-].C[Si-](C)C.[Na+]. The number of halogens is 2. The van der Waals surface area contributed by atoms with Crippen LogP contribution in [0.1, 0.15) is 6.92 Å². The first-order valence-corrected chi connectivity index (χ1v) is 7.74. The van der Waals surface area contributed by atoms with Gasteiger partial charge < -0.3 is 10.1 Å². The fraction of sp³-hybridized carbons (Fsp3) is 1.00. The fourth-order valence-corrected chi connectivity index (χ4v) is 0.215. The Hall–Kier alpha value is 0.627. The molecule has 0 rings (SSSR count). The largest absolute Gasteiger partial charge is 1.00 e. The van der Waals surface area contributed by atoms with Crippen LogP contribution in [0.4, 0.5) is 8.78 Å². The van der Waals surface area contributed by atoms with Crippen molar-refractivity contribution in [2.45, 2.75) is 31.8 Å². The number of alkyl halides is 2. The monoisotopic (exact) mass is 253 g/mol. The predicted molar refractivity (Wildman–Crippen MR) is 48.7 cm³/mol. The van der Waals surface area contributed by atoms with Gasteiger partial charge in [-0.15, -0.1) is 0 Å². The maximum Gasteiger partial charge on any atom is 1.00 e. The average molecular weight is 253 g/mol. The molecule has 0 N–H and O–H groups in total. The molecule has 80 valence electrons. The number of hydrogen-bond donors (Lipinski definition) is 0. The summed E-state index contributed by atoms with van der Waals surface area (Å²) in [6, 6.07) is 0. The minimum atomic E-state index is -4.99. The van der Waals surface area contributed by atoms with Crippen LogP contribution in [-0.4, -0.2) is 22.5 Å². The zero-order valence-electron chi connectivity index (χ0n) is 8.88. The van der Waals surface area contributed by atoms with Crippen molar-refractivity contribution in [3.63, 3.8) is 0 Å². The molecule has 0 atom stereocenters. The Bertz CT molecular complexity index is 250. The van der Waals surface area contributed by atoms with Gasteiger partial charge in [0.2, 0.25) is 0 Å². The van der Waals surface area contributed by atoms with Crippen molar-refractivity contribution in [3.8, 4) is 0 Å². The molecule has 0 radical (unpaired) electrons. The number of nitrogens with zero attached hydrogens (tertiary/aromatic N) is 2. The molecule has 14 heavy (non-hydrogen) atoms. The van der Waals surface area contributed by atoms with Crippen molar-refractivity contribution in [2.24, 2.45) is 4.52 Å². The summed E-state index contributed by atoms with van der Waals surface area (Å²) < 4.78 is 44.5. The Morgan fingerprint density at radius 2 is 1.50 bits per heavy atom. The van der Waals surface area contributed by atoms with E-state index in [1.165, 1.54) is 4.52 Å². The van der Waals surface area contributed by atoms with Gasteiger partial charge in [-0.1, -0.05) is 0 Å². The molecule has 0 aromatic carbocycles.